The zero-order valence-electron chi connectivity index (χ0n) is 15.8. The number of para-hydroxylation sites is 4. The Morgan fingerprint density at radius 1 is 0.667 bits per heavy atom. The molecule has 0 radical (unpaired) electrons. The van der Waals surface area contributed by atoms with Gasteiger partial charge >= 0.3 is 0 Å². The summed E-state index contributed by atoms with van der Waals surface area (Å²) in [7, 11) is 2.14. The molecule has 2 aliphatic heterocycles. The molecule has 0 aliphatic carbocycles. The zero-order valence-corrected chi connectivity index (χ0v) is 15.8. The lowest BCUT2D eigenvalue weighted by molar-refractivity contribution is -0.645. The highest BCUT2D eigenvalue weighted by molar-refractivity contribution is 5.82. The fourth-order valence-electron chi connectivity index (χ4n) is 4.30. The number of pyridine rings is 1. The Kier molecular flexibility index (Phi) is 3.50. The second-order valence-corrected chi connectivity index (χ2v) is 7.22. The average Bonchev–Trinajstić information content (AvgIpc) is 3.17. The molecule has 2 N–H and O–H groups in total. The summed E-state index contributed by atoms with van der Waals surface area (Å²) < 4.78 is 2.28. The van der Waals surface area contributed by atoms with Gasteiger partial charge < -0.3 is 10.6 Å². The number of rotatable bonds is 2. The number of fused-ring (bicyclic) bond motifs is 2. The van der Waals surface area contributed by atoms with E-state index in [-0.39, 0.29) is 12.3 Å². The third-order valence-corrected chi connectivity index (χ3v) is 5.50. The molecule has 0 saturated carbocycles. The molecule has 3 aromatic rings. The molecule has 0 spiro atoms. The van der Waals surface area contributed by atoms with E-state index in [1.165, 1.54) is 22.7 Å². The van der Waals surface area contributed by atoms with Crippen LogP contribution in [0, 0.1) is 0 Å². The van der Waals surface area contributed by atoms with Crippen LogP contribution >= 0.6 is 0 Å². The Labute approximate surface area is 159 Å². The molecular formula is C22H24N5+. The Morgan fingerprint density at radius 2 is 1.11 bits per heavy atom. The van der Waals surface area contributed by atoms with Crippen LogP contribution < -0.4 is 25.0 Å². The van der Waals surface area contributed by atoms with Crippen LogP contribution in [0.2, 0.25) is 0 Å². The van der Waals surface area contributed by atoms with E-state index in [9.17, 15) is 0 Å². The molecule has 0 saturated heterocycles. The fourth-order valence-corrected chi connectivity index (χ4v) is 4.30. The number of nitrogens with one attached hydrogen (secondary N) is 2. The molecule has 5 heteroatoms. The summed E-state index contributed by atoms with van der Waals surface area (Å²) in [5.41, 5.74) is 4.78. The van der Waals surface area contributed by atoms with Crippen molar-refractivity contribution in [2.45, 2.75) is 26.2 Å². The Balaban J connectivity index is 1.63. The van der Waals surface area contributed by atoms with E-state index in [1.54, 1.807) is 0 Å². The van der Waals surface area contributed by atoms with Gasteiger partial charge in [-0.05, 0) is 44.2 Å². The highest BCUT2D eigenvalue weighted by Crippen LogP contribution is 2.41. The van der Waals surface area contributed by atoms with Crippen LogP contribution in [-0.4, -0.2) is 12.3 Å². The lowest BCUT2D eigenvalue weighted by Crippen LogP contribution is -2.45. The van der Waals surface area contributed by atoms with E-state index in [1.807, 2.05) is 0 Å². The Morgan fingerprint density at radius 3 is 1.59 bits per heavy atom. The Bertz CT molecular complexity index is 937. The van der Waals surface area contributed by atoms with Crippen LogP contribution in [0.1, 0.15) is 13.8 Å². The van der Waals surface area contributed by atoms with Gasteiger partial charge in [-0.1, -0.05) is 24.3 Å². The maximum atomic E-state index is 3.57. The minimum Gasteiger partial charge on any atom is -0.350 e. The molecule has 2 atom stereocenters. The van der Waals surface area contributed by atoms with Crippen molar-refractivity contribution in [2.75, 3.05) is 20.4 Å². The Hall–Kier alpha value is -3.21. The number of hydrogen-bond acceptors (Lipinski definition) is 4. The van der Waals surface area contributed by atoms with Crippen molar-refractivity contribution in [3.8, 4) is 0 Å². The first-order chi connectivity index (χ1) is 13.1. The molecule has 2 aromatic carbocycles. The van der Waals surface area contributed by atoms with Gasteiger partial charge in [-0.15, -0.1) is 0 Å². The highest BCUT2D eigenvalue weighted by Gasteiger charge is 2.36. The van der Waals surface area contributed by atoms with Crippen LogP contribution in [0.3, 0.4) is 0 Å². The molecule has 2 aliphatic rings. The van der Waals surface area contributed by atoms with Crippen molar-refractivity contribution < 1.29 is 4.57 Å². The topological polar surface area (TPSA) is 34.4 Å². The number of nitrogens with zero attached hydrogens (tertiary/aromatic N) is 3. The third kappa shape index (κ3) is 2.35. The maximum Gasteiger partial charge on any atom is 0.230 e. The van der Waals surface area contributed by atoms with Crippen molar-refractivity contribution in [2.24, 2.45) is 7.05 Å². The lowest BCUT2D eigenvalue weighted by Gasteiger charge is -2.25. The second kappa shape index (κ2) is 5.91. The molecule has 5 rings (SSSR count). The molecule has 0 amide bonds. The van der Waals surface area contributed by atoms with Gasteiger partial charge in [0.1, 0.15) is 23.7 Å². The van der Waals surface area contributed by atoms with Gasteiger partial charge in [-0.25, -0.2) is 14.4 Å². The van der Waals surface area contributed by atoms with Crippen LogP contribution in [0.4, 0.5) is 34.4 Å². The van der Waals surface area contributed by atoms with Gasteiger partial charge in [0.25, 0.3) is 0 Å². The van der Waals surface area contributed by atoms with Crippen molar-refractivity contribution >= 4 is 34.4 Å². The molecule has 3 heterocycles. The largest absolute Gasteiger partial charge is 0.350 e. The van der Waals surface area contributed by atoms with Crippen molar-refractivity contribution in [1.82, 2.24) is 0 Å². The van der Waals surface area contributed by atoms with Crippen LogP contribution in [-0.2, 0) is 7.05 Å². The van der Waals surface area contributed by atoms with Gasteiger partial charge in [0.15, 0.2) is 0 Å². The summed E-state index contributed by atoms with van der Waals surface area (Å²) in [6, 6.07) is 23.5. The summed E-state index contributed by atoms with van der Waals surface area (Å²) in [5, 5.41) is 7.15. The van der Waals surface area contributed by atoms with E-state index in [4.69, 9.17) is 0 Å². The summed E-state index contributed by atoms with van der Waals surface area (Å²) in [4.78, 5) is 4.72. The minimum absolute atomic E-state index is 0.199. The molecule has 1 aromatic heterocycles. The van der Waals surface area contributed by atoms with E-state index >= 15 is 0 Å². The first-order valence-corrected chi connectivity index (χ1v) is 9.44. The van der Waals surface area contributed by atoms with Gasteiger partial charge in [0.05, 0.1) is 18.4 Å². The van der Waals surface area contributed by atoms with Crippen molar-refractivity contribution in [3.05, 3.63) is 66.7 Å². The molecule has 0 fully saturated rings. The quantitative estimate of drug-likeness (QED) is 0.668. The van der Waals surface area contributed by atoms with Crippen LogP contribution in [0.5, 0.6) is 0 Å². The van der Waals surface area contributed by atoms with Gasteiger partial charge in [-0.2, -0.15) is 0 Å². The summed E-state index contributed by atoms with van der Waals surface area (Å²) in [6.45, 7) is 4.39. The van der Waals surface area contributed by atoms with E-state index < -0.39 is 0 Å². The number of benzene rings is 2. The van der Waals surface area contributed by atoms with E-state index in [2.05, 4.69) is 113 Å². The third-order valence-electron chi connectivity index (χ3n) is 5.50. The SMILES string of the molecule is C[C@@H]1Nc2ccccc2N1c1cccc(N2c3ccccc3N[C@@H]2C)[n+]1C. The first kappa shape index (κ1) is 16.0. The van der Waals surface area contributed by atoms with Crippen molar-refractivity contribution in [3.63, 3.8) is 0 Å². The number of hydrogen-bond donors (Lipinski definition) is 2. The predicted octanol–water partition coefficient (Wildman–Crippen LogP) is 4.33. The standard InChI is InChI=1S/C22H24N5/c1-15-23-17-9-4-6-11-19(17)26(15)21-13-8-14-22(25(21)3)27-16(2)24-18-10-5-7-12-20(18)27/h4-16,23-24H,1-3H3/q+1/t15-,16+. The molecule has 136 valence electrons. The number of anilines is 6. The summed E-state index contributed by atoms with van der Waals surface area (Å²) in [5.74, 6) is 2.32. The zero-order chi connectivity index (χ0) is 18.5. The van der Waals surface area contributed by atoms with Gasteiger partial charge in [-0.3, -0.25) is 0 Å². The molecule has 0 unspecified atom stereocenters. The summed E-state index contributed by atoms with van der Waals surface area (Å²) in [6.07, 6.45) is 0.399. The normalized spacial score (nSPS) is 20.1. The average molecular weight is 358 g/mol. The smallest absolute Gasteiger partial charge is 0.230 e. The fraction of sp³-hybridized carbons (Fsp3) is 0.227. The maximum absolute atomic E-state index is 3.57. The predicted molar refractivity (Wildman–Crippen MR) is 111 cm³/mol. The molecule has 5 nitrogen and oxygen atoms in total. The van der Waals surface area contributed by atoms with Crippen LogP contribution in [0.15, 0.2) is 66.7 Å². The van der Waals surface area contributed by atoms with Gasteiger partial charge in [0.2, 0.25) is 11.6 Å². The highest BCUT2D eigenvalue weighted by atomic mass is 15.4. The number of aromatic nitrogens is 1. The van der Waals surface area contributed by atoms with E-state index in [0.717, 1.165) is 11.6 Å². The molecular weight excluding hydrogens is 334 g/mol. The van der Waals surface area contributed by atoms with Crippen LogP contribution in [0.25, 0.3) is 0 Å². The summed E-state index contributed by atoms with van der Waals surface area (Å²) >= 11 is 0. The monoisotopic (exact) mass is 358 g/mol. The molecule has 27 heavy (non-hydrogen) atoms. The van der Waals surface area contributed by atoms with E-state index in [0.29, 0.717) is 0 Å². The lowest BCUT2D eigenvalue weighted by atomic mass is 10.2. The van der Waals surface area contributed by atoms with Gasteiger partial charge in [0, 0.05) is 12.1 Å². The first-order valence-electron chi connectivity index (χ1n) is 9.44. The molecule has 0 bridgehead atoms. The minimum atomic E-state index is 0.199. The van der Waals surface area contributed by atoms with Crippen molar-refractivity contribution in [1.29, 1.82) is 0 Å². The second-order valence-electron chi connectivity index (χ2n) is 7.22.